The van der Waals surface area contributed by atoms with E-state index in [2.05, 4.69) is 20.8 Å². The molecule has 0 saturated carbocycles. The van der Waals surface area contributed by atoms with Crippen LogP contribution in [0.4, 0.5) is 0 Å². The molecule has 17 heavy (non-hydrogen) atoms. The number of carbonyl (C=O) groups excluding carboxylic acids is 1. The molecule has 1 aliphatic rings. The molecule has 4 heteroatoms. The van der Waals surface area contributed by atoms with Gasteiger partial charge in [-0.2, -0.15) is 0 Å². The van der Waals surface area contributed by atoms with Crippen molar-refractivity contribution in [2.75, 3.05) is 19.7 Å². The number of nitrogens with zero attached hydrogens (tertiary/aromatic N) is 1. The molecule has 1 unspecified atom stereocenters. The molecular formula is C13H26N2O2. The van der Waals surface area contributed by atoms with Crippen LogP contribution in [0.2, 0.25) is 0 Å². The summed E-state index contributed by atoms with van der Waals surface area (Å²) in [5.41, 5.74) is 5.95. The molecule has 100 valence electrons. The number of hydrogen-bond donors (Lipinski definition) is 1. The Kier molecular flexibility index (Phi) is 5.92. The number of amides is 1. The monoisotopic (exact) mass is 242 g/mol. The third-order valence-electron chi connectivity index (χ3n) is 3.16. The van der Waals surface area contributed by atoms with Crippen molar-refractivity contribution in [1.29, 1.82) is 0 Å². The van der Waals surface area contributed by atoms with E-state index in [1.165, 1.54) is 0 Å². The standard InChI is InChI=1S/C13H26N2O2/c1-4-11-9-15(6-5-7-17-11)13(16)12(14)8-10(2)3/h10-12H,4-9,14H2,1-3H3/t11?,12-/m1/s1. The van der Waals surface area contributed by atoms with Crippen molar-refractivity contribution in [3.63, 3.8) is 0 Å². The topological polar surface area (TPSA) is 55.6 Å². The zero-order valence-electron chi connectivity index (χ0n) is 11.3. The summed E-state index contributed by atoms with van der Waals surface area (Å²) in [7, 11) is 0. The summed E-state index contributed by atoms with van der Waals surface area (Å²) < 4.78 is 5.66. The third-order valence-corrected chi connectivity index (χ3v) is 3.16. The Morgan fingerprint density at radius 3 is 2.82 bits per heavy atom. The maximum Gasteiger partial charge on any atom is 0.239 e. The van der Waals surface area contributed by atoms with Crippen LogP contribution in [0.3, 0.4) is 0 Å². The van der Waals surface area contributed by atoms with E-state index in [4.69, 9.17) is 10.5 Å². The molecule has 0 spiro atoms. The van der Waals surface area contributed by atoms with Crippen LogP contribution in [-0.4, -0.2) is 42.6 Å². The highest BCUT2D eigenvalue weighted by Crippen LogP contribution is 2.12. The van der Waals surface area contributed by atoms with Crippen LogP contribution in [-0.2, 0) is 9.53 Å². The highest BCUT2D eigenvalue weighted by molar-refractivity contribution is 5.81. The lowest BCUT2D eigenvalue weighted by Gasteiger charge is -2.26. The van der Waals surface area contributed by atoms with Gasteiger partial charge in [-0.05, 0) is 25.2 Å². The van der Waals surface area contributed by atoms with E-state index in [-0.39, 0.29) is 18.1 Å². The largest absolute Gasteiger partial charge is 0.376 e. The number of nitrogens with two attached hydrogens (primary N) is 1. The highest BCUT2D eigenvalue weighted by Gasteiger charge is 2.25. The van der Waals surface area contributed by atoms with Gasteiger partial charge in [0.05, 0.1) is 12.1 Å². The SMILES string of the molecule is CCC1CN(C(=O)[C@H](N)CC(C)C)CCCO1. The fraction of sp³-hybridized carbons (Fsp3) is 0.923. The molecule has 0 aromatic carbocycles. The van der Waals surface area contributed by atoms with Gasteiger partial charge in [-0.15, -0.1) is 0 Å². The molecule has 0 aromatic heterocycles. The minimum absolute atomic E-state index is 0.0858. The zero-order chi connectivity index (χ0) is 12.8. The average Bonchev–Trinajstić information content (AvgIpc) is 2.52. The van der Waals surface area contributed by atoms with Crippen LogP contribution in [0.25, 0.3) is 0 Å². The van der Waals surface area contributed by atoms with Gasteiger partial charge in [0, 0.05) is 19.7 Å². The second-order valence-electron chi connectivity index (χ2n) is 5.27. The van der Waals surface area contributed by atoms with Crippen molar-refractivity contribution < 1.29 is 9.53 Å². The van der Waals surface area contributed by atoms with E-state index in [0.717, 1.165) is 32.4 Å². The number of ether oxygens (including phenoxy) is 1. The van der Waals surface area contributed by atoms with Gasteiger partial charge in [0.25, 0.3) is 0 Å². The van der Waals surface area contributed by atoms with Crippen molar-refractivity contribution in [3.8, 4) is 0 Å². The summed E-state index contributed by atoms with van der Waals surface area (Å²) in [5.74, 6) is 0.543. The summed E-state index contributed by atoms with van der Waals surface area (Å²) in [6.45, 7) is 8.50. The van der Waals surface area contributed by atoms with Gasteiger partial charge in [-0.3, -0.25) is 4.79 Å². The van der Waals surface area contributed by atoms with Gasteiger partial charge in [0.1, 0.15) is 0 Å². The fourth-order valence-electron chi connectivity index (χ4n) is 2.19. The Bertz CT molecular complexity index is 244. The van der Waals surface area contributed by atoms with E-state index in [9.17, 15) is 4.79 Å². The van der Waals surface area contributed by atoms with Crippen LogP contribution in [0.5, 0.6) is 0 Å². The Hall–Kier alpha value is -0.610. The van der Waals surface area contributed by atoms with Gasteiger partial charge in [0.2, 0.25) is 5.91 Å². The molecule has 1 aliphatic heterocycles. The molecule has 0 aliphatic carbocycles. The second kappa shape index (κ2) is 6.97. The maximum absolute atomic E-state index is 12.2. The first-order valence-electron chi connectivity index (χ1n) is 6.70. The fourth-order valence-corrected chi connectivity index (χ4v) is 2.19. The zero-order valence-corrected chi connectivity index (χ0v) is 11.3. The van der Waals surface area contributed by atoms with Gasteiger partial charge >= 0.3 is 0 Å². The minimum Gasteiger partial charge on any atom is -0.376 e. The molecule has 2 atom stereocenters. The molecule has 0 radical (unpaired) electrons. The predicted octanol–water partition coefficient (Wildman–Crippen LogP) is 1.39. The van der Waals surface area contributed by atoms with Crippen LogP contribution in [0, 0.1) is 5.92 Å². The van der Waals surface area contributed by atoms with E-state index >= 15 is 0 Å². The first kappa shape index (κ1) is 14.5. The van der Waals surface area contributed by atoms with Crippen molar-refractivity contribution in [3.05, 3.63) is 0 Å². The summed E-state index contributed by atoms with van der Waals surface area (Å²) >= 11 is 0. The molecule has 1 amide bonds. The van der Waals surface area contributed by atoms with E-state index in [1.807, 2.05) is 4.90 Å². The van der Waals surface area contributed by atoms with Crippen LogP contribution < -0.4 is 5.73 Å². The molecule has 1 fully saturated rings. The average molecular weight is 242 g/mol. The lowest BCUT2D eigenvalue weighted by Crippen LogP contribution is -2.46. The smallest absolute Gasteiger partial charge is 0.239 e. The molecule has 1 heterocycles. The quantitative estimate of drug-likeness (QED) is 0.810. The summed E-state index contributed by atoms with van der Waals surface area (Å²) in [4.78, 5) is 14.1. The molecular weight excluding hydrogens is 216 g/mol. The van der Waals surface area contributed by atoms with E-state index < -0.39 is 0 Å². The van der Waals surface area contributed by atoms with Gasteiger partial charge in [0.15, 0.2) is 0 Å². The summed E-state index contributed by atoms with van der Waals surface area (Å²) in [6.07, 6.45) is 2.79. The number of rotatable bonds is 4. The Morgan fingerprint density at radius 1 is 1.53 bits per heavy atom. The van der Waals surface area contributed by atoms with Crippen LogP contribution in [0.15, 0.2) is 0 Å². The molecule has 1 saturated heterocycles. The molecule has 1 rings (SSSR count). The minimum atomic E-state index is -0.356. The molecule has 2 N–H and O–H groups in total. The van der Waals surface area contributed by atoms with Gasteiger partial charge in [-0.1, -0.05) is 20.8 Å². The molecule has 0 aromatic rings. The van der Waals surface area contributed by atoms with Crippen molar-refractivity contribution in [2.24, 2.45) is 11.7 Å². The highest BCUT2D eigenvalue weighted by atomic mass is 16.5. The lowest BCUT2D eigenvalue weighted by molar-refractivity contribution is -0.133. The van der Waals surface area contributed by atoms with E-state index in [0.29, 0.717) is 12.5 Å². The Balaban J connectivity index is 2.54. The number of hydrogen-bond acceptors (Lipinski definition) is 3. The summed E-state index contributed by atoms with van der Waals surface area (Å²) in [6, 6.07) is -0.356. The van der Waals surface area contributed by atoms with Crippen LogP contribution in [0.1, 0.15) is 40.0 Å². The first-order chi connectivity index (χ1) is 8.04. The lowest BCUT2D eigenvalue weighted by atomic mass is 10.0. The molecule has 0 bridgehead atoms. The van der Waals surface area contributed by atoms with Crippen molar-refractivity contribution >= 4 is 5.91 Å². The Labute approximate surface area is 104 Å². The third kappa shape index (κ3) is 4.64. The second-order valence-corrected chi connectivity index (χ2v) is 5.27. The normalized spacial score (nSPS) is 23.6. The Morgan fingerprint density at radius 2 is 2.24 bits per heavy atom. The predicted molar refractivity (Wildman–Crippen MR) is 68.7 cm³/mol. The van der Waals surface area contributed by atoms with Gasteiger partial charge in [-0.25, -0.2) is 0 Å². The van der Waals surface area contributed by atoms with Gasteiger partial charge < -0.3 is 15.4 Å². The maximum atomic E-state index is 12.2. The number of carbonyl (C=O) groups is 1. The van der Waals surface area contributed by atoms with E-state index in [1.54, 1.807) is 0 Å². The van der Waals surface area contributed by atoms with Crippen LogP contribution >= 0.6 is 0 Å². The van der Waals surface area contributed by atoms with Crippen molar-refractivity contribution in [1.82, 2.24) is 4.90 Å². The molecule has 4 nitrogen and oxygen atoms in total. The summed E-state index contributed by atoms with van der Waals surface area (Å²) in [5, 5.41) is 0. The first-order valence-corrected chi connectivity index (χ1v) is 6.70. The van der Waals surface area contributed by atoms with Crippen molar-refractivity contribution in [2.45, 2.75) is 52.2 Å².